The van der Waals surface area contributed by atoms with Crippen molar-refractivity contribution in [3.05, 3.63) is 18.6 Å². The summed E-state index contributed by atoms with van der Waals surface area (Å²) in [5, 5.41) is 0. The van der Waals surface area contributed by atoms with E-state index in [1.54, 1.807) is 25.7 Å². The van der Waals surface area contributed by atoms with Crippen molar-refractivity contribution in [1.82, 2.24) is 19.8 Å². The first-order valence-corrected chi connectivity index (χ1v) is 8.12. The van der Waals surface area contributed by atoms with Gasteiger partial charge in [-0.2, -0.15) is 0 Å². The summed E-state index contributed by atoms with van der Waals surface area (Å²) in [6.45, 7) is 2.27. The normalized spacial score (nSPS) is 26.4. The van der Waals surface area contributed by atoms with Crippen LogP contribution in [0, 0.1) is 0 Å². The Balaban J connectivity index is 1.50. The van der Waals surface area contributed by atoms with E-state index in [1.165, 1.54) is 0 Å². The number of carbonyl (C=O) groups is 1. The minimum absolute atomic E-state index is 0.0580. The second kappa shape index (κ2) is 7.23. The van der Waals surface area contributed by atoms with Crippen LogP contribution in [0.3, 0.4) is 0 Å². The van der Waals surface area contributed by atoms with Crippen molar-refractivity contribution >= 4 is 5.91 Å². The van der Waals surface area contributed by atoms with E-state index in [0.29, 0.717) is 5.88 Å². The molecular weight excluding hydrogens is 296 g/mol. The molecule has 2 aliphatic heterocycles. The topological polar surface area (TPSA) is 67.8 Å². The van der Waals surface area contributed by atoms with Gasteiger partial charge in [0, 0.05) is 52.0 Å². The highest BCUT2D eigenvalue weighted by atomic mass is 16.5. The van der Waals surface area contributed by atoms with Gasteiger partial charge in [0.1, 0.15) is 6.10 Å². The summed E-state index contributed by atoms with van der Waals surface area (Å²) < 4.78 is 11.2. The van der Waals surface area contributed by atoms with E-state index < -0.39 is 0 Å². The molecule has 0 N–H and O–H groups in total. The zero-order valence-electron chi connectivity index (χ0n) is 13.7. The zero-order valence-corrected chi connectivity index (χ0v) is 13.7. The number of aromatic nitrogens is 2. The monoisotopic (exact) mass is 320 g/mol. The van der Waals surface area contributed by atoms with E-state index >= 15 is 0 Å². The number of ether oxygens (including phenoxy) is 2. The summed E-state index contributed by atoms with van der Waals surface area (Å²) in [4.78, 5) is 24.9. The average Bonchev–Trinajstić information content (AvgIpc) is 2.97. The van der Waals surface area contributed by atoms with Gasteiger partial charge in [0.2, 0.25) is 11.8 Å². The first-order chi connectivity index (χ1) is 11.2. The molecule has 0 saturated carbocycles. The fraction of sp³-hybridized carbons (Fsp3) is 0.688. The zero-order chi connectivity index (χ0) is 16.2. The van der Waals surface area contributed by atoms with Crippen LogP contribution in [0.25, 0.3) is 0 Å². The molecule has 23 heavy (non-hydrogen) atoms. The van der Waals surface area contributed by atoms with E-state index in [2.05, 4.69) is 14.9 Å². The predicted octanol–water partition coefficient (Wildman–Crippen LogP) is 0.565. The minimum Gasteiger partial charge on any atom is -0.473 e. The maximum atomic E-state index is 12.7. The lowest BCUT2D eigenvalue weighted by Gasteiger charge is -2.34. The standard InChI is InChI=1S/C16H24N4O3/c1-19-11-13(22-2)9-14(19)16(21)20-7-3-12(4-8-20)23-15-10-17-5-6-18-15/h5-6,10,12-14H,3-4,7-9,11H2,1-2H3/t13-,14-/m0/s1. The third-order valence-electron chi connectivity index (χ3n) is 4.71. The van der Waals surface area contributed by atoms with Gasteiger partial charge in [0.15, 0.2) is 0 Å². The number of hydrogen-bond acceptors (Lipinski definition) is 6. The Labute approximate surface area is 136 Å². The lowest BCUT2D eigenvalue weighted by molar-refractivity contribution is -0.137. The van der Waals surface area contributed by atoms with E-state index in [4.69, 9.17) is 9.47 Å². The van der Waals surface area contributed by atoms with Crippen molar-refractivity contribution in [3.63, 3.8) is 0 Å². The third-order valence-corrected chi connectivity index (χ3v) is 4.71. The number of hydrogen-bond donors (Lipinski definition) is 0. The summed E-state index contributed by atoms with van der Waals surface area (Å²) in [7, 11) is 3.70. The number of amides is 1. The largest absolute Gasteiger partial charge is 0.473 e. The summed E-state index contributed by atoms with van der Waals surface area (Å²) in [5.74, 6) is 0.765. The Morgan fingerprint density at radius 2 is 2.04 bits per heavy atom. The molecule has 0 unspecified atom stereocenters. The Morgan fingerprint density at radius 1 is 1.26 bits per heavy atom. The highest BCUT2D eigenvalue weighted by Crippen LogP contribution is 2.23. The first kappa shape index (κ1) is 16.1. The van der Waals surface area contributed by atoms with Gasteiger partial charge in [-0.05, 0) is 13.5 Å². The fourth-order valence-electron chi connectivity index (χ4n) is 3.33. The van der Waals surface area contributed by atoms with Crippen LogP contribution >= 0.6 is 0 Å². The van der Waals surface area contributed by atoms with E-state index in [1.807, 2.05) is 11.9 Å². The van der Waals surface area contributed by atoms with Crippen molar-refractivity contribution in [2.45, 2.75) is 37.5 Å². The molecule has 0 aliphatic carbocycles. The molecule has 1 aromatic rings. The molecule has 3 heterocycles. The SMILES string of the molecule is CO[C@H]1C[C@@H](C(=O)N2CCC(Oc3cnccn3)CC2)N(C)C1. The van der Waals surface area contributed by atoms with E-state index in [-0.39, 0.29) is 24.2 Å². The molecule has 2 saturated heterocycles. The number of likely N-dealkylation sites (tertiary alicyclic amines) is 2. The van der Waals surface area contributed by atoms with Gasteiger partial charge >= 0.3 is 0 Å². The molecular formula is C16H24N4O3. The molecule has 7 nitrogen and oxygen atoms in total. The first-order valence-electron chi connectivity index (χ1n) is 8.12. The molecule has 1 aromatic heterocycles. The number of nitrogens with zero attached hydrogens (tertiary/aromatic N) is 4. The number of likely N-dealkylation sites (N-methyl/N-ethyl adjacent to an activating group) is 1. The quantitative estimate of drug-likeness (QED) is 0.808. The Hall–Kier alpha value is -1.73. The molecule has 2 fully saturated rings. The maximum Gasteiger partial charge on any atom is 0.240 e. The van der Waals surface area contributed by atoms with Crippen LogP contribution in [0.5, 0.6) is 5.88 Å². The molecule has 2 aliphatic rings. The Morgan fingerprint density at radius 3 is 2.65 bits per heavy atom. The van der Waals surface area contributed by atoms with Crippen molar-refractivity contribution in [2.75, 3.05) is 33.8 Å². The molecule has 1 amide bonds. The van der Waals surface area contributed by atoms with Gasteiger partial charge in [-0.25, -0.2) is 4.98 Å². The van der Waals surface area contributed by atoms with Crippen LogP contribution in [0.1, 0.15) is 19.3 Å². The minimum atomic E-state index is -0.0580. The Kier molecular flexibility index (Phi) is 5.07. The van der Waals surface area contributed by atoms with Gasteiger partial charge < -0.3 is 14.4 Å². The van der Waals surface area contributed by atoms with Gasteiger partial charge in [0.05, 0.1) is 18.3 Å². The second-order valence-corrected chi connectivity index (χ2v) is 6.23. The molecule has 0 aromatic carbocycles. The van der Waals surface area contributed by atoms with Gasteiger partial charge in [-0.3, -0.25) is 14.7 Å². The van der Waals surface area contributed by atoms with Crippen molar-refractivity contribution in [2.24, 2.45) is 0 Å². The fourth-order valence-corrected chi connectivity index (χ4v) is 3.33. The average molecular weight is 320 g/mol. The van der Waals surface area contributed by atoms with Gasteiger partial charge in [0.25, 0.3) is 0 Å². The molecule has 7 heteroatoms. The maximum absolute atomic E-state index is 12.7. The third kappa shape index (κ3) is 3.79. The van der Waals surface area contributed by atoms with Crippen LogP contribution in [0.15, 0.2) is 18.6 Å². The number of piperidine rings is 1. The summed E-state index contributed by atoms with van der Waals surface area (Å²) in [6.07, 6.45) is 7.56. The predicted molar refractivity (Wildman–Crippen MR) is 84.1 cm³/mol. The highest BCUT2D eigenvalue weighted by Gasteiger charge is 2.37. The molecule has 2 atom stereocenters. The summed E-state index contributed by atoms with van der Waals surface area (Å²) in [5.41, 5.74) is 0. The number of carbonyl (C=O) groups excluding carboxylic acids is 1. The number of rotatable bonds is 4. The van der Waals surface area contributed by atoms with E-state index in [9.17, 15) is 4.79 Å². The number of methoxy groups -OCH3 is 1. The molecule has 126 valence electrons. The van der Waals surface area contributed by atoms with E-state index in [0.717, 1.165) is 38.9 Å². The van der Waals surface area contributed by atoms with Crippen LogP contribution < -0.4 is 4.74 Å². The Bertz CT molecular complexity index is 519. The lowest BCUT2D eigenvalue weighted by Crippen LogP contribution is -2.48. The van der Waals surface area contributed by atoms with Crippen LogP contribution in [-0.2, 0) is 9.53 Å². The van der Waals surface area contributed by atoms with Crippen molar-refractivity contribution in [1.29, 1.82) is 0 Å². The van der Waals surface area contributed by atoms with Gasteiger partial charge in [-0.15, -0.1) is 0 Å². The van der Waals surface area contributed by atoms with Crippen LogP contribution in [-0.4, -0.2) is 77.7 Å². The summed E-state index contributed by atoms with van der Waals surface area (Å²) in [6, 6.07) is -0.0580. The van der Waals surface area contributed by atoms with Crippen LogP contribution in [0.4, 0.5) is 0 Å². The summed E-state index contributed by atoms with van der Waals surface area (Å²) >= 11 is 0. The lowest BCUT2D eigenvalue weighted by atomic mass is 10.1. The smallest absolute Gasteiger partial charge is 0.240 e. The van der Waals surface area contributed by atoms with Crippen molar-refractivity contribution < 1.29 is 14.3 Å². The van der Waals surface area contributed by atoms with Crippen LogP contribution in [0.2, 0.25) is 0 Å². The second-order valence-electron chi connectivity index (χ2n) is 6.23. The van der Waals surface area contributed by atoms with Gasteiger partial charge in [-0.1, -0.05) is 0 Å². The highest BCUT2D eigenvalue weighted by molar-refractivity contribution is 5.82. The molecule has 3 rings (SSSR count). The molecule has 0 spiro atoms. The molecule has 0 radical (unpaired) electrons. The van der Waals surface area contributed by atoms with Crippen molar-refractivity contribution in [3.8, 4) is 5.88 Å². The molecule has 0 bridgehead atoms.